The van der Waals surface area contributed by atoms with Crippen LogP contribution in [0.5, 0.6) is 0 Å². The standard InChI is InChI=1S/C13H21N3O/c1-2-11-9-12(16-15-11)14-13(17)8-10-6-4-3-5-7-10/h9-10H,2-8H2,1H3,(H2,14,15,16,17). The summed E-state index contributed by atoms with van der Waals surface area (Å²) >= 11 is 0. The van der Waals surface area contributed by atoms with E-state index >= 15 is 0 Å². The fourth-order valence-corrected chi connectivity index (χ4v) is 2.45. The summed E-state index contributed by atoms with van der Waals surface area (Å²) in [7, 11) is 0. The number of aryl methyl sites for hydroxylation is 1. The van der Waals surface area contributed by atoms with Gasteiger partial charge in [0.2, 0.25) is 5.91 Å². The van der Waals surface area contributed by atoms with Crippen molar-refractivity contribution in [3.05, 3.63) is 11.8 Å². The summed E-state index contributed by atoms with van der Waals surface area (Å²) < 4.78 is 0. The second-order valence-electron chi connectivity index (χ2n) is 4.89. The Bertz CT molecular complexity index is 366. The smallest absolute Gasteiger partial charge is 0.225 e. The Balaban J connectivity index is 1.79. The van der Waals surface area contributed by atoms with Crippen molar-refractivity contribution in [3.8, 4) is 0 Å². The molecule has 1 aromatic heterocycles. The highest BCUT2D eigenvalue weighted by atomic mass is 16.1. The van der Waals surface area contributed by atoms with Gasteiger partial charge < -0.3 is 5.32 Å². The molecule has 1 aliphatic carbocycles. The highest BCUT2D eigenvalue weighted by Gasteiger charge is 2.17. The number of rotatable bonds is 4. The number of carbonyl (C=O) groups excluding carboxylic acids is 1. The number of anilines is 1. The maximum absolute atomic E-state index is 11.8. The molecule has 0 spiro atoms. The molecule has 1 saturated carbocycles. The maximum Gasteiger partial charge on any atom is 0.225 e. The molecule has 17 heavy (non-hydrogen) atoms. The molecule has 4 heteroatoms. The van der Waals surface area contributed by atoms with E-state index in [9.17, 15) is 4.79 Å². The van der Waals surface area contributed by atoms with E-state index in [1.807, 2.05) is 6.07 Å². The van der Waals surface area contributed by atoms with Gasteiger partial charge in [0, 0.05) is 18.2 Å². The molecule has 0 aliphatic heterocycles. The lowest BCUT2D eigenvalue weighted by Crippen LogP contribution is -2.18. The molecule has 94 valence electrons. The zero-order chi connectivity index (χ0) is 12.1. The first-order valence-corrected chi connectivity index (χ1v) is 6.62. The van der Waals surface area contributed by atoms with Crippen molar-refractivity contribution in [2.75, 3.05) is 5.32 Å². The summed E-state index contributed by atoms with van der Waals surface area (Å²) in [5, 5.41) is 9.83. The average molecular weight is 235 g/mol. The second kappa shape index (κ2) is 5.84. The summed E-state index contributed by atoms with van der Waals surface area (Å²) in [5.41, 5.74) is 1.05. The van der Waals surface area contributed by atoms with E-state index in [-0.39, 0.29) is 5.91 Å². The van der Waals surface area contributed by atoms with Gasteiger partial charge in [-0.3, -0.25) is 9.89 Å². The van der Waals surface area contributed by atoms with Gasteiger partial charge in [0.25, 0.3) is 0 Å². The number of nitrogens with one attached hydrogen (secondary N) is 2. The minimum Gasteiger partial charge on any atom is -0.309 e. The van der Waals surface area contributed by atoms with Crippen molar-refractivity contribution in [2.24, 2.45) is 5.92 Å². The van der Waals surface area contributed by atoms with Gasteiger partial charge in [0.05, 0.1) is 0 Å². The number of hydrogen-bond donors (Lipinski definition) is 2. The molecule has 1 aromatic rings. The van der Waals surface area contributed by atoms with Gasteiger partial charge in [-0.1, -0.05) is 26.2 Å². The minimum absolute atomic E-state index is 0.103. The first-order valence-electron chi connectivity index (χ1n) is 6.62. The molecule has 1 heterocycles. The van der Waals surface area contributed by atoms with Crippen LogP contribution < -0.4 is 5.32 Å². The number of amides is 1. The Labute approximate surface area is 102 Å². The van der Waals surface area contributed by atoms with Crippen LogP contribution in [-0.2, 0) is 11.2 Å². The maximum atomic E-state index is 11.8. The zero-order valence-corrected chi connectivity index (χ0v) is 10.5. The van der Waals surface area contributed by atoms with E-state index in [0.29, 0.717) is 18.2 Å². The predicted octanol–water partition coefficient (Wildman–Crippen LogP) is 2.88. The van der Waals surface area contributed by atoms with E-state index < -0.39 is 0 Å². The van der Waals surface area contributed by atoms with Crippen LogP contribution in [0.2, 0.25) is 0 Å². The fourth-order valence-electron chi connectivity index (χ4n) is 2.45. The molecule has 2 rings (SSSR count). The lowest BCUT2D eigenvalue weighted by Gasteiger charge is -2.20. The monoisotopic (exact) mass is 235 g/mol. The Morgan fingerprint density at radius 2 is 2.24 bits per heavy atom. The van der Waals surface area contributed by atoms with Crippen LogP contribution in [0.25, 0.3) is 0 Å². The Kier molecular flexibility index (Phi) is 4.18. The summed E-state index contributed by atoms with van der Waals surface area (Å²) in [6.07, 6.45) is 7.85. The van der Waals surface area contributed by atoms with E-state index in [2.05, 4.69) is 22.4 Å². The molecule has 0 unspecified atom stereocenters. The van der Waals surface area contributed by atoms with E-state index in [0.717, 1.165) is 12.1 Å². The number of aromatic nitrogens is 2. The van der Waals surface area contributed by atoms with Crippen molar-refractivity contribution in [1.29, 1.82) is 0 Å². The van der Waals surface area contributed by atoms with E-state index in [1.165, 1.54) is 32.1 Å². The van der Waals surface area contributed by atoms with E-state index in [4.69, 9.17) is 0 Å². The quantitative estimate of drug-likeness (QED) is 0.843. The predicted molar refractivity (Wildman–Crippen MR) is 67.8 cm³/mol. The molecular weight excluding hydrogens is 214 g/mol. The van der Waals surface area contributed by atoms with Crippen LogP contribution in [-0.4, -0.2) is 16.1 Å². The van der Waals surface area contributed by atoms with Crippen LogP contribution in [0.3, 0.4) is 0 Å². The molecule has 0 bridgehead atoms. The topological polar surface area (TPSA) is 57.8 Å². The van der Waals surface area contributed by atoms with Gasteiger partial charge in [-0.2, -0.15) is 5.10 Å². The summed E-state index contributed by atoms with van der Waals surface area (Å²) in [4.78, 5) is 11.8. The first kappa shape index (κ1) is 12.1. The van der Waals surface area contributed by atoms with Crippen LogP contribution >= 0.6 is 0 Å². The molecule has 1 amide bonds. The van der Waals surface area contributed by atoms with Crippen molar-refractivity contribution >= 4 is 11.7 Å². The van der Waals surface area contributed by atoms with E-state index in [1.54, 1.807) is 0 Å². The number of H-pyrrole nitrogens is 1. The Hall–Kier alpha value is -1.32. The molecule has 0 radical (unpaired) electrons. The average Bonchev–Trinajstić information content (AvgIpc) is 2.78. The number of hydrogen-bond acceptors (Lipinski definition) is 2. The molecular formula is C13H21N3O. The first-order chi connectivity index (χ1) is 8.28. The molecule has 1 fully saturated rings. The highest BCUT2D eigenvalue weighted by molar-refractivity contribution is 5.89. The van der Waals surface area contributed by atoms with Crippen molar-refractivity contribution in [2.45, 2.75) is 51.9 Å². The summed E-state index contributed by atoms with van der Waals surface area (Å²) in [6, 6.07) is 1.90. The zero-order valence-electron chi connectivity index (χ0n) is 10.5. The van der Waals surface area contributed by atoms with Crippen LogP contribution in [0, 0.1) is 5.92 Å². The molecule has 4 nitrogen and oxygen atoms in total. The van der Waals surface area contributed by atoms with Gasteiger partial charge in [0.1, 0.15) is 0 Å². The lowest BCUT2D eigenvalue weighted by molar-refractivity contribution is -0.117. The Morgan fingerprint density at radius 1 is 1.47 bits per heavy atom. The Morgan fingerprint density at radius 3 is 2.88 bits per heavy atom. The number of aromatic amines is 1. The number of carbonyl (C=O) groups is 1. The third-order valence-corrected chi connectivity index (χ3v) is 3.48. The molecule has 2 N–H and O–H groups in total. The SMILES string of the molecule is CCc1cc(NC(=O)CC2CCCCC2)n[nH]1. The lowest BCUT2D eigenvalue weighted by atomic mass is 9.87. The summed E-state index contributed by atoms with van der Waals surface area (Å²) in [5.74, 6) is 1.34. The highest BCUT2D eigenvalue weighted by Crippen LogP contribution is 2.26. The largest absolute Gasteiger partial charge is 0.309 e. The van der Waals surface area contributed by atoms with Crippen molar-refractivity contribution < 1.29 is 4.79 Å². The molecule has 0 aromatic carbocycles. The summed E-state index contributed by atoms with van der Waals surface area (Å²) in [6.45, 7) is 2.06. The fraction of sp³-hybridized carbons (Fsp3) is 0.692. The van der Waals surface area contributed by atoms with Gasteiger partial charge in [-0.05, 0) is 25.2 Å². The van der Waals surface area contributed by atoms with Gasteiger partial charge in [-0.15, -0.1) is 0 Å². The van der Waals surface area contributed by atoms with Crippen molar-refractivity contribution in [3.63, 3.8) is 0 Å². The number of nitrogens with zero attached hydrogens (tertiary/aromatic N) is 1. The third kappa shape index (κ3) is 3.58. The van der Waals surface area contributed by atoms with Gasteiger partial charge in [0.15, 0.2) is 5.82 Å². The minimum atomic E-state index is 0.103. The molecule has 0 atom stereocenters. The second-order valence-corrected chi connectivity index (χ2v) is 4.89. The van der Waals surface area contributed by atoms with Gasteiger partial charge >= 0.3 is 0 Å². The third-order valence-electron chi connectivity index (χ3n) is 3.48. The van der Waals surface area contributed by atoms with Crippen LogP contribution in [0.15, 0.2) is 6.07 Å². The van der Waals surface area contributed by atoms with Crippen LogP contribution in [0.1, 0.15) is 51.1 Å². The molecule has 1 aliphatic rings. The normalized spacial score (nSPS) is 17.0. The molecule has 0 saturated heterocycles. The van der Waals surface area contributed by atoms with Gasteiger partial charge in [-0.25, -0.2) is 0 Å². The van der Waals surface area contributed by atoms with Crippen LogP contribution in [0.4, 0.5) is 5.82 Å². The van der Waals surface area contributed by atoms with Crippen molar-refractivity contribution in [1.82, 2.24) is 10.2 Å².